The Bertz CT molecular complexity index is 1310. The fraction of sp³-hybridized carbons (Fsp3) is 0.240. The van der Waals surface area contributed by atoms with E-state index in [0.717, 1.165) is 28.5 Å². The Morgan fingerprint density at radius 1 is 1.15 bits per heavy atom. The number of hydrogen-bond acceptors (Lipinski definition) is 6. The molecule has 33 heavy (non-hydrogen) atoms. The molecule has 2 aromatic heterocycles. The summed E-state index contributed by atoms with van der Waals surface area (Å²) in [6, 6.07) is 10.9. The van der Waals surface area contributed by atoms with E-state index in [4.69, 9.17) is 4.74 Å². The van der Waals surface area contributed by atoms with Gasteiger partial charge in [0.1, 0.15) is 12.1 Å². The lowest BCUT2D eigenvalue weighted by Crippen LogP contribution is -2.08. The number of rotatable bonds is 9. The average Bonchev–Trinajstić information content (AvgIpc) is 3.28. The van der Waals surface area contributed by atoms with E-state index < -0.39 is 5.97 Å². The third-order valence-corrected chi connectivity index (χ3v) is 6.36. The number of nitrogens with one attached hydrogen (secondary N) is 1. The fourth-order valence-electron chi connectivity index (χ4n) is 3.89. The minimum absolute atomic E-state index is 0.275. The summed E-state index contributed by atoms with van der Waals surface area (Å²) >= 11 is 1.36. The lowest BCUT2D eigenvalue weighted by Gasteiger charge is -2.12. The van der Waals surface area contributed by atoms with E-state index in [9.17, 15) is 14.3 Å². The Labute approximate surface area is 195 Å². The van der Waals surface area contributed by atoms with E-state index in [1.807, 2.05) is 36.6 Å². The standard InChI is InChI=1S/C25H24FN3O3S/c1-3-4-15-11-16(5-6-19(15)25(30)31)20-13-21(29-14-28-20)27-9-7-17-12-18-8-10-33-24(18)22(26)23(17)32-2/h5-6,8,10-14H,3-4,7,9H2,1-2H3,(H,30,31)(H,27,28,29). The summed E-state index contributed by atoms with van der Waals surface area (Å²) in [7, 11) is 1.48. The normalized spacial score (nSPS) is 11.0. The molecular formula is C25H24FN3O3S. The minimum atomic E-state index is -0.928. The lowest BCUT2D eigenvalue weighted by atomic mass is 9.98. The zero-order valence-corrected chi connectivity index (χ0v) is 19.2. The summed E-state index contributed by atoms with van der Waals surface area (Å²) in [5, 5.41) is 15.4. The first kappa shape index (κ1) is 22.7. The van der Waals surface area contributed by atoms with Crippen LogP contribution >= 0.6 is 11.3 Å². The maximum absolute atomic E-state index is 14.7. The van der Waals surface area contributed by atoms with Crippen molar-refractivity contribution in [1.29, 1.82) is 0 Å². The van der Waals surface area contributed by atoms with Crippen LogP contribution in [0.2, 0.25) is 0 Å². The van der Waals surface area contributed by atoms with Crippen LogP contribution in [0, 0.1) is 5.82 Å². The number of carboxylic acids is 1. The molecule has 2 aromatic carbocycles. The van der Waals surface area contributed by atoms with Gasteiger partial charge in [-0.1, -0.05) is 19.4 Å². The van der Waals surface area contributed by atoms with E-state index in [2.05, 4.69) is 15.3 Å². The van der Waals surface area contributed by atoms with Crippen LogP contribution < -0.4 is 10.1 Å². The van der Waals surface area contributed by atoms with Gasteiger partial charge in [-0.2, -0.15) is 0 Å². The number of aromatic nitrogens is 2. The van der Waals surface area contributed by atoms with Crippen molar-refractivity contribution in [3.05, 3.63) is 70.6 Å². The summed E-state index contributed by atoms with van der Waals surface area (Å²) in [6.07, 6.45) is 3.55. The highest BCUT2D eigenvalue weighted by Gasteiger charge is 2.15. The van der Waals surface area contributed by atoms with Gasteiger partial charge < -0.3 is 15.2 Å². The maximum Gasteiger partial charge on any atom is 0.335 e. The molecular weight excluding hydrogens is 441 g/mol. The molecule has 0 aliphatic heterocycles. The molecule has 0 amide bonds. The van der Waals surface area contributed by atoms with Crippen molar-refractivity contribution in [2.45, 2.75) is 26.2 Å². The third kappa shape index (κ3) is 4.80. The van der Waals surface area contributed by atoms with Gasteiger partial charge in [-0.3, -0.25) is 0 Å². The van der Waals surface area contributed by atoms with Crippen molar-refractivity contribution < 1.29 is 19.0 Å². The number of anilines is 1. The molecule has 0 radical (unpaired) electrons. The summed E-state index contributed by atoms with van der Waals surface area (Å²) in [4.78, 5) is 20.1. The molecule has 0 aliphatic rings. The molecule has 2 heterocycles. The number of fused-ring (bicyclic) bond motifs is 1. The molecule has 4 rings (SSSR count). The topological polar surface area (TPSA) is 84.3 Å². The first-order valence-corrected chi connectivity index (χ1v) is 11.5. The quantitative estimate of drug-likeness (QED) is 0.324. The maximum atomic E-state index is 14.7. The van der Waals surface area contributed by atoms with Crippen molar-refractivity contribution in [2.24, 2.45) is 0 Å². The van der Waals surface area contributed by atoms with Crippen LogP contribution in [0.1, 0.15) is 34.8 Å². The molecule has 0 atom stereocenters. The van der Waals surface area contributed by atoms with Gasteiger partial charge in [0.25, 0.3) is 0 Å². The second-order valence-electron chi connectivity index (χ2n) is 7.61. The summed E-state index contributed by atoms with van der Waals surface area (Å²) < 4.78 is 20.7. The number of nitrogens with zero attached hydrogens (tertiary/aromatic N) is 2. The van der Waals surface area contributed by atoms with Gasteiger partial charge in [0.2, 0.25) is 0 Å². The van der Waals surface area contributed by atoms with Crippen LogP contribution in [0.15, 0.2) is 48.1 Å². The van der Waals surface area contributed by atoms with Crippen LogP contribution in [-0.4, -0.2) is 34.7 Å². The number of halogens is 1. The van der Waals surface area contributed by atoms with Crippen molar-refractivity contribution in [3.8, 4) is 17.0 Å². The zero-order valence-electron chi connectivity index (χ0n) is 18.4. The molecule has 0 unspecified atom stereocenters. The number of methoxy groups -OCH3 is 1. The Kier molecular flexibility index (Phi) is 6.84. The van der Waals surface area contributed by atoms with Crippen molar-refractivity contribution in [3.63, 3.8) is 0 Å². The third-order valence-electron chi connectivity index (χ3n) is 5.44. The Balaban J connectivity index is 1.51. The fourth-order valence-corrected chi connectivity index (χ4v) is 4.70. The smallest absolute Gasteiger partial charge is 0.335 e. The number of carbonyl (C=O) groups is 1. The van der Waals surface area contributed by atoms with Crippen LogP contribution in [0.5, 0.6) is 5.75 Å². The van der Waals surface area contributed by atoms with E-state index >= 15 is 0 Å². The van der Waals surface area contributed by atoms with Gasteiger partial charge in [0.05, 0.1) is 23.1 Å². The van der Waals surface area contributed by atoms with Crippen LogP contribution in [0.3, 0.4) is 0 Å². The van der Waals surface area contributed by atoms with E-state index in [0.29, 0.717) is 41.2 Å². The van der Waals surface area contributed by atoms with Gasteiger partial charge in [0.15, 0.2) is 11.6 Å². The number of thiophene rings is 1. The molecule has 6 nitrogen and oxygen atoms in total. The molecule has 170 valence electrons. The number of benzene rings is 2. The van der Waals surface area contributed by atoms with Crippen molar-refractivity contribution in [1.82, 2.24) is 9.97 Å². The molecule has 8 heteroatoms. The molecule has 0 spiro atoms. The molecule has 0 fully saturated rings. The second-order valence-corrected chi connectivity index (χ2v) is 8.53. The van der Waals surface area contributed by atoms with Crippen molar-refractivity contribution >= 4 is 33.2 Å². The Morgan fingerprint density at radius 3 is 2.76 bits per heavy atom. The molecule has 2 N–H and O–H groups in total. The summed E-state index contributed by atoms with van der Waals surface area (Å²) in [5.74, 6) is -0.341. The van der Waals surface area contributed by atoms with E-state index in [-0.39, 0.29) is 11.6 Å². The molecule has 4 aromatic rings. The first-order valence-electron chi connectivity index (χ1n) is 10.7. The first-order chi connectivity index (χ1) is 16.0. The molecule has 0 bridgehead atoms. The highest BCUT2D eigenvalue weighted by Crippen LogP contribution is 2.34. The van der Waals surface area contributed by atoms with E-state index in [1.165, 1.54) is 24.8 Å². The van der Waals surface area contributed by atoms with Gasteiger partial charge in [-0.05, 0) is 59.0 Å². The summed E-state index contributed by atoms with van der Waals surface area (Å²) in [5.41, 5.74) is 3.42. The Hall–Kier alpha value is -3.52. The van der Waals surface area contributed by atoms with Crippen LogP contribution in [0.25, 0.3) is 21.3 Å². The number of aryl methyl sites for hydroxylation is 1. The number of hydrogen-bond donors (Lipinski definition) is 2. The van der Waals surface area contributed by atoms with Gasteiger partial charge in [-0.15, -0.1) is 11.3 Å². The second kappa shape index (κ2) is 9.95. The van der Waals surface area contributed by atoms with Crippen LogP contribution in [0.4, 0.5) is 10.2 Å². The van der Waals surface area contributed by atoms with Gasteiger partial charge in [0, 0.05) is 18.2 Å². The Morgan fingerprint density at radius 2 is 2.00 bits per heavy atom. The minimum Gasteiger partial charge on any atom is -0.493 e. The average molecular weight is 466 g/mol. The highest BCUT2D eigenvalue weighted by molar-refractivity contribution is 7.17. The summed E-state index contributed by atoms with van der Waals surface area (Å²) in [6.45, 7) is 2.54. The number of ether oxygens (including phenoxy) is 1. The van der Waals surface area contributed by atoms with Crippen LogP contribution in [-0.2, 0) is 12.8 Å². The largest absolute Gasteiger partial charge is 0.493 e. The zero-order chi connectivity index (χ0) is 23.4. The SMILES string of the molecule is CCCc1cc(-c2cc(NCCc3cc4ccsc4c(F)c3OC)ncn2)ccc1C(=O)O. The van der Waals surface area contributed by atoms with E-state index in [1.54, 1.807) is 12.1 Å². The molecule has 0 aliphatic carbocycles. The predicted octanol–water partition coefficient (Wildman–Crippen LogP) is 5.81. The number of aromatic carboxylic acids is 1. The van der Waals surface area contributed by atoms with Gasteiger partial charge in [-0.25, -0.2) is 19.2 Å². The lowest BCUT2D eigenvalue weighted by molar-refractivity contribution is 0.0695. The predicted molar refractivity (Wildman–Crippen MR) is 129 cm³/mol. The van der Waals surface area contributed by atoms with Gasteiger partial charge >= 0.3 is 5.97 Å². The molecule has 0 saturated heterocycles. The number of carboxylic acid groups (broad SMARTS) is 1. The molecule has 0 saturated carbocycles. The monoisotopic (exact) mass is 465 g/mol. The highest BCUT2D eigenvalue weighted by atomic mass is 32.1. The van der Waals surface area contributed by atoms with Crippen molar-refractivity contribution in [2.75, 3.05) is 19.0 Å².